The van der Waals surface area contributed by atoms with Gasteiger partial charge in [0.25, 0.3) is 0 Å². The maximum absolute atomic E-state index is 12.2. The molecule has 0 heterocycles. The van der Waals surface area contributed by atoms with E-state index < -0.39 is 23.9 Å². The van der Waals surface area contributed by atoms with Crippen LogP contribution in [0.25, 0.3) is 10.8 Å². The van der Waals surface area contributed by atoms with E-state index in [4.69, 9.17) is 11.5 Å². The Hall–Kier alpha value is -2.44. The van der Waals surface area contributed by atoms with Crippen LogP contribution in [0.1, 0.15) is 26.2 Å². The van der Waals surface area contributed by atoms with Gasteiger partial charge in [0.1, 0.15) is 6.04 Å². The Bertz CT molecular complexity index is 732. The van der Waals surface area contributed by atoms with Gasteiger partial charge in [0.05, 0.1) is 6.04 Å². The van der Waals surface area contributed by atoms with Crippen molar-refractivity contribution in [1.82, 2.24) is 5.32 Å². The summed E-state index contributed by atoms with van der Waals surface area (Å²) >= 11 is 0. The standard InChI is InChI=1S/C19H26N4O2/c1-13(18(24)23-19(25)17(21)8-4-5-11-20)22-16-10-9-14-6-2-3-7-15(14)12-16/h2-3,6-7,9-10,12-13,17,22H,4-5,8,11,20-21H2,1H3,(H,23,24,25)/t13-,17-/m0/s1. The molecule has 0 saturated carbocycles. The molecule has 0 aromatic heterocycles. The molecule has 6 heteroatoms. The van der Waals surface area contributed by atoms with Gasteiger partial charge in [0.2, 0.25) is 11.8 Å². The third kappa shape index (κ3) is 5.55. The Labute approximate surface area is 148 Å². The molecule has 0 aliphatic rings. The lowest BCUT2D eigenvalue weighted by Gasteiger charge is -2.17. The minimum atomic E-state index is -0.691. The summed E-state index contributed by atoms with van der Waals surface area (Å²) in [5.74, 6) is -0.846. The number of rotatable bonds is 8. The summed E-state index contributed by atoms with van der Waals surface area (Å²) in [4.78, 5) is 24.1. The first-order valence-electron chi connectivity index (χ1n) is 8.57. The lowest BCUT2D eigenvalue weighted by atomic mass is 10.1. The molecular formula is C19H26N4O2. The maximum Gasteiger partial charge on any atom is 0.248 e. The van der Waals surface area contributed by atoms with Gasteiger partial charge < -0.3 is 16.8 Å². The van der Waals surface area contributed by atoms with Gasteiger partial charge in [-0.3, -0.25) is 14.9 Å². The molecule has 0 bridgehead atoms. The summed E-state index contributed by atoms with van der Waals surface area (Å²) in [5, 5.41) is 7.69. The Balaban J connectivity index is 1.89. The van der Waals surface area contributed by atoms with E-state index in [0.29, 0.717) is 13.0 Å². The van der Waals surface area contributed by atoms with Crippen LogP contribution in [-0.4, -0.2) is 30.4 Å². The van der Waals surface area contributed by atoms with Crippen LogP contribution in [0.15, 0.2) is 42.5 Å². The summed E-state index contributed by atoms with van der Waals surface area (Å²) in [6.45, 7) is 2.28. The molecule has 2 rings (SSSR count). The van der Waals surface area contributed by atoms with E-state index in [2.05, 4.69) is 10.6 Å². The van der Waals surface area contributed by atoms with Gasteiger partial charge >= 0.3 is 0 Å². The molecule has 6 nitrogen and oxygen atoms in total. The number of benzene rings is 2. The second kappa shape index (κ2) is 9.15. The molecule has 2 amide bonds. The van der Waals surface area contributed by atoms with Crippen molar-refractivity contribution < 1.29 is 9.59 Å². The first-order chi connectivity index (χ1) is 12.0. The number of unbranched alkanes of at least 4 members (excludes halogenated alkanes) is 1. The summed E-state index contributed by atoms with van der Waals surface area (Å²) in [5.41, 5.74) is 12.0. The highest BCUT2D eigenvalue weighted by Crippen LogP contribution is 2.19. The first-order valence-corrected chi connectivity index (χ1v) is 8.57. The zero-order valence-corrected chi connectivity index (χ0v) is 14.5. The summed E-state index contributed by atoms with van der Waals surface area (Å²) in [6, 6.07) is 12.6. The first kappa shape index (κ1) is 18.9. The van der Waals surface area contributed by atoms with Gasteiger partial charge in [-0.25, -0.2) is 0 Å². The van der Waals surface area contributed by atoms with Crippen LogP contribution in [0.4, 0.5) is 5.69 Å². The number of nitrogens with one attached hydrogen (secondary N) is 2. The molecular weight excluding hydrogens is 316 g/mol. The summed E-state index contributed by atoms with van der Waals surface area (Å²) in [7, 11) is 0. The number of imide groups is 1. The van der Waals surface area contributed by atoms with Crippen LogP contribution in [-0.2, 0) is 9.59 Å². The van der Waals surface area contributed by atoms with E-state index in [1.54, 1.807) is 6.92 Å². The SMILES string of the molecule is C[C@H](Nc1ccc2ccccc2c1)C(=O)NC(=O)[C@@H](N)CCCCN. The van der Waals surface area contributed by atoms with E-state index in [0.717, 1.165) is 29.3 Å². The highest BCUT2D eigenvalue weighted by Gasteiger charge is 2.19. The number of hydrogen-bond donors (Lipinski definition) is 4. The van der Waals surface area contributed by atoms with Crippen molar-refractivity contribution in [3.05, 3.63) is 42.5 Å². The molecule has 0 radical (unpaired) electrons. The molecule has 0 unspecified atom stereocenters. The number of carbonyl (C=O) groups excluding carboxylic acids is 2. The fourth-order valence-electron chi connectivity index (χ4n) is 2.56. The van der Waals surface area contributed by atoms with Crippen molar-refractivity contribution in [1.29, 1.82) is 0 Å². The molecule has 2 aromatic rings. The van der Waals surface area contributed by atoms with Gasteiger partial charge in [-0.2, -0.15) is 0 Å². The van der Waals surface area contributed by atoms with E-state index >= 15 is 0 Å². The van der Waals surface area contributed by atoms with Gasteiger partial charge in [-0.1, -0.05) is 36.8 Å². The van der Waals surface area contributed by atoms with Gasteiger partial charge in [0, 0.05) is 5.69 Å². The van der Waals surface area contributed by atoms with Crippen molar-refractivity contribution in [3.63, 3.8) is 0 Å². The van der Waals surface area contributed by atoms with Gasteiger partial charge in [-0.15, -0.1) is 0 Å². The lowest BCUT2D eigenvalue weighted by molar-refractivity contribution is -0.131. The zero-order chi connectivity index (χ0) is 18.2. The number of anilines is 1. The zero-order valence-electron chi connectivity index (χ0n) is 14.5. The molecule has 25 heavy (non-hydrogen) atoms. The monoisotopic (exact) mass is 342 g/mol. The predicted octanol–water partition coefficient (Wildman–Crippen LogP) is 1.74. The third-order valence-corrected chi connectivity index (χ3v) is 4.08. The molecule has 2 atom stereocenters. The quantitative estimate of drug-likeness (QED) is 0.546. The minimum absolute atomic E-state index is 0.396. The van der Waals surface area contributed by atoms with Crippen molar-refractivity contribution in [2.24, 2.45) is 11.5 Å². The third-order valence-electron chi connectivity index (χ3n) is 4.08. The predicted molar refractivity (Wildman–Crippen MR) is 101 cm³/mol. The fourth-order valence-corrected chi connectivity index (χ4v) is 2.56. The normalized spacial score (nSPS) is 13.2. The smallest absolute Gasteiger partial charge is 0.248 e. The highest BCUT2D eigenvalue weighted by atomic mass is 16.2. The number of carbonyl (C=O) groups is 2. The molecule has 6 N–H and O–H groups in total. The van der Waals surface area contributed by atoms with Crippen LogP contribution in [0.3, 0.4) is 0 Å². The van der Waals surface area contributed by atoms with Crippen LogP contribution in [0.2, 0.25) is 0 Å². The molecule has 0 saturated heterocycles. The summed E-state index contributed by atoms with van der Waals surface area (Å²) < 4.78 is 0. The van der Waals surface area contributed by atoms with E-state index in [9.17, 15) is 9.59 Å². The van der Waals surface area contributed by atoms with Gasteiger partial charge in [-0.05, 0) is 49.2 Å². The van der Waals surface area contributed by atoms with Crippen molar-refractivity contribution in [2.75, 3.05) is 11.9 Å². The molecule has 0 spiro atoms. The van der Waals surface area contributed by atoms with E-state index in [1.165, 1.54) is 0 Å². The Morgan fingerprint density at radius 3 is 2.48 bits per heavy atom. The average Bonchev–Trinajstić information content (AvgIpc) is 2.61. The Morgan fingerprint density at radius 1 is 1.04 bits per heavy atom. The summed E-state index contributed by atoms with van der Waals surface area (Å²) in [6.07, 6.45) is 2.10. The Kier molecular flexibility index (Phi) is 6.91. The number of nitrogens with two attached hydrogens (primary N) is 2. The largest absolute Gasteiger partial charge is 0.374 e. The molecule has 0 aliphatic carbocycles. The lowest BCUT2D eigenvalue weighted by Crippen LogP contribution is -2.48. The van der Waals surface area contributed by atoms with E-state index in [1.807, 2.05) is 42.5 Å². The van der Waals surface area contributed by atoms with Crippen LogP contribution in [0, 0.1) is 0 Å². The van der Waals surface area contributed by atoms with Crippen LogP contribution in [0.5, 0.6) is 0 Å². The Morgan fingerprint density at radius 2 is 1.76 bits per heavy atom. The molecule has 134 valence electrons. The van der Waals surface area contributed by atoms with Crippen molar-refractivity contribution >= 4 is 28.3 Å². The van der Waals surface area contributed by atoms with Crippen molar-refractivity contribution in [3.8, 4) is 0 Å². The van der Waals surface area contributed by atoms with Crippen molar-refractivity contribution in [2.45, 2.75) is 38.3 Å². The minimum Gasteiger partial charge on any atom is -0.374 e. The molecule has 2 aromatic carbocycles. The second-order valence-electron chi connectivity index (χ2n) is 6.17. The molecule has 0 fully saturated rings. The number of hydrogen-bond acceptors (Lipinski definition) is 5. The van der Waals surface area contributed by atoms with Crippen LogP contribution >= 0.6 is 0 Å². The number of amides is 2. The van der Waals surface area contributed by atoms with Crippen LogP contribution < -0.4 is 22.1 Å². The number of fused-ring (bicyclic) bond motifs is 1. The second-order valence-corrected chi connectivity index (χ2v) is 6.17. The topological polar surface area (TPSA) is 110 Å². The maximum atomic E-state index is 12.2. The van der Waals surface area contributed by atoms with Gasteiger partial charge in [0.15, 0.2) is 0 Å². The molecule has 0 aliphatic heterocycles. The highest BCUT2D eigenvalue weighted by molar-refractivity contribution is 6.00. The fraction of sp³-hybridized carbons (Fsp3) is 0.368. The van der Waals surface area contributed by atoms with E-state index in [-0.39, 0.29) is 0 Å². The average molecular weight is 342 g/mol.